The zero-order valence-corrected chi connectivity index (χ0v) is 23.0. The Hall–Kier alpha value is -3.01. The van der Waals surface area contributed by atoms with Crippen molar-refractivity contribution in [1.82, 2.24) is 9.80 Å². The van der Waals surface area contributed by atoms with E-state index < -0.39 is 5.72 Å². The molecule has 1 fully saturated rings. The van der Waals surface area contributed by atoms with E-state index in [2.05, 4.69) is 67.2 Å². The third-order valence-electron chi connectivity index (χ3n) is 6.95. The number of ether oxygens (including phenoxy) is 1. The van der Waals surface area contributed by atoms with Gasteiger partial charge in [-0.25, -0.2) is 0 Å². The summed E-state index contributed by atoms with van der Waals surface area (Å²) in [6.45, 7) is 20.3. The van der Waals surface area contributed by atoms with Crippen LogP contribution in [0.3, 0.4) is 0 Å². The molecule has 0 N–H and O–H groups in total. The number of benzene rings is 2. The van der Waals surface area contributed by atoms with Crippen LogP contribution < -0.4 is 0 Å². The summed E-state index contributed by atoms with van der Waals surface area (Å²) >= 11 is 0. The summed E-state index contributed by atoms with van der Waals surface area (Å²) in [5.74, 6) is 0.683. The SMILES string of the molecule is CN(C(=O)c1ccccc1)/C(=C1\OC2(C(C)(C)C)C(C(C)(C)C)=C(C(C)(C)C)N12)c1ccccc1. The molecule has 0 aromatic heterocycles. The first-order chi connectivity index (χ1) is 16.1. The van der Waals surface area contributed by atoms with Crippen molar-refractivity contribution in [2.45, 2.75) is 68.0 Å². The van der Waals surface area contributed by atoms with Gasteiger partial charge in [-0.1, -0.05) is 111 Å². The molecule has 1 amide bonds. The van der Waals surface area contributed by atoms with Crippen LogP contribution in [-0.2, 0) is 4.74 Å². The third-order valence-corrected chi connectivity index (χ3v) is 6.95. The molecule has 0 spiro atoms. The number of allylic oxidation sites excluding steroid dienone is 1. The van der Waals surface area contributed by atoms with Gasteiger partial charge in [0.25, 0.3) is 5.91 Å². The van der Waals surface area contributed by atoms with Gasteiger partial charge >= 0.3 is 0 Å². The smallest absolute Gasteiger partial charge is 0.258 e. The van der Waals surface area contributed by atoms with Gasteiger partial charge in [-0.15, -0.1) is 0 Å². The lowest BCUT2D eigenvalue weighted by Crippen LogP contribution is -2.77. The van der Waals surface area contributed by atoms with E-state index in [1.807, 2.05) is 67.7 Å². The van der Waals surface area contributed by atoms with Gasteiger partial charge in [0.05, 0.1) is 0 Å². The molecule has 0 bridgehead atoms. The number of hydrogen-bond donors (Lipinski definition) is 0. The second-order valence-corrected chi connectivity index (χ2v) is 12.8. The Morgan fingerprint density at radius 1 is 0.771 bits per heavy atom. The Balaban J connectivity index is 1.96. The average molecular weight is 473 g/mol. The number of amides is 1. The van der Waals surface area contributed by atoms with Gasteiger partial charge in [0, 0.05) is 40.3 Å². The highest BCUT2D eigenvalue weighted by atomic mass is 16.6. The minimum Gasteiger partial charge on any atom is -0.445 e. The second kappa shape index (κ2) is 8.01. The predicted octanol–water partition coefficient (Wildman–Crippen LogP) is 7.52. The topological polar surface area (TPSA) is 32.8 Å². The Morgan fingerprint density at radius 3 is 1.69 bits per heavy atom. The zero-order valence-electron chi connectivity index (χ0n) is 23.0. The van der Waals surface area contributed by atoms with Gasteiger partial charge in [0.15, 0.2) is 0 Å². The fourth-order valence-electron chi connectivity index (χ4n) is 5.50. The van der Waals surface area contributed by atoms with Crippen LogP contribution in [0.4, 0.5) is 0 Å². The van der Waals surface area contributed by atoms with E-state index in [9.17, 15) is 4.79 Å². The lowest BCUT2D eigenvalue weighted by molar-refractivity contribution is -0.292. The molecule has 2 aromatic carbocycles. The Bertz CT molecular complexity index is 1190. The highest BCUT2D eigenvalue weighted by Gasteiger charge is 2.73. The van der Waals surface area contributed by atoms with E-state index in [0.717, 1.165) is 17.1 Å². The normalized spacial score (nSPS) is 21.5. The third kappa shape index (κ3) is 3.78. The minimum absolute atomic E-state index is 0.0589. The second-order valence-electron chi connectivity index (χ2n) is 12.8. The molecular weight excluding hydrogens is 432 g/mol. The molecule has 4 heteroatoms. The van der Waals surface area contributed by atoms with Crippen molar-refractivity contribution in [2.75, 3.05) is 7.05 Å². The summed E-state index contributed by atoms with van der Waals surface area (Å²) in [5.41, 5.74) is 4.16. The quantitative estimate of drug-likeness (QED) is 0.463. The highest BCUT2D eigenvalue weighted by Crippen LogP contribution is 2.69. The Kier molecular flexibility index (Phi) is 5.74. The fraction of sp³-hybridized carbons (Fsp3) is 0.452. The summed E-state index contributed by atoms with van der Waals surface area (Å²) in [6.07, 6.45) is 0. The van der Waals surface area contributed by atoms with Gasteiger partial charge < -0.3 is 9.64 Å². The van der Waals surface area contributed by atoms with Crippen molar-refractivity contribution in [3.63, 3.8) is 0 Å². The molecule has 2 aliphatic rings. The number of hydrogen-bond acceptors (Lipinski definition) is 3. The predicted molar refractivity (Wildman–Crippen MR) is 143 cm³/mol. The maximum absolute atomic E-state index is 13.6. The van der Waals surface area contributed by atoms with E-state index >= 15 is 0 Å². The first kappa shape index (κ1) is 25.1. The summed E-state index contributed by atoms with van der Waals surface area (Å²) in [6, 6.07) is 19.5. The van der Waals surface area contributed by atoms with Gasteiger partial charge in [0.1, 0.15) is 5.70 Å². The standard InChI is InChI=1S/C31H40N2O2/c1-28(2,3)24-25(29(4,5)6)33-27(35-31(24,33)30(7,8)9)23(21-17-13-11-14-18-21)32(10)26(34)22-19-15-12-16-20-22/h11-20H,1-10H3/b27-23-. The van der Waals surface area contributed by atoms with Crippen LogP contribution in [0.15, 0.2) is 77.8 Å². The molecule has 35 heavy (non-hydrogen) atoms. The number of carbonyl (C=O) groups is 1. The molecule has 186 valence electrons. The Labute approximate surface area is 211 Å². The minimum atomic E-state index is -0.542. The van der Waals surface area contributed by atoms with E-state index in [4.69, 9.17) is 4.74 Å². The van der Waals surface area contributed by atoms with Crippen molar-refractivity contribution < 1.29 is 9.53 Å². The maximum Gasteiger partial charge on any atom is 0.258 e. The van der Waals surface area contributed by atoms with Crippen LogP contribution in [-0.4, -0.2) is 28.5 Å². The molecule has 2 aliphatic heterocycles. The fourth-order valence-corrected chi connectivity index (χ4v) is 5.50. The number of nitrogens with zero attached hydrogens (tertiary/aromatic N) is 2. The molecular formula is C31H40N2O2. The van der Waals surface area contributed by atoms with Gasteiger partial charge in [-0.2, -0.15) is 0 Å². The summed E-state index contributed by atoms with van der Waals surface area (Å²) < 4.78 is 6.93. The van der Waals surface area contributed by atoms with Crippen LogP contribution in [0.25, 0.3) is 5.70 Å². The molecule has 2 aromatic rings. The molecule has 4 rings (SSSR count). The summed E-state index contributed by atoms with van der Waals surface area (Å²) in [4.78, 5) is 17.7. The van der Waals surface area contributed by atoms with E-state index in [-0.39, 0.29) is 22.2 Å². The number of fused-ring (bicyclic) bond motifs is 1. The molecule has 1 saturated heterocycles. The largest absolute Gasteiger partial charge is 0.445 e. The Morgan fingerprint density at radius 2 is 1.26 bits per heavy atom. The number of carbonyl (C=O) groups excluding carboxylic acids is 1. The van der Waals surface area contributed by atoms with Crippen LogP contribution in [0.5, 0.6) is 0 Å². The van der Waals surface area contributed by atoms with Crippen molar-refractivity contribution in [1.29, 1.82) is 0 Å². The summed E-state index contributed by atoms with van der Waals surface area (Å²) in [5, 5.41) is 0. The van der Waals surface area contributed by atoms with E-state index in [1.54, 1.807) is 4.90 Å². The average Bonchev–Trinajstić information content (AvgIpc) is 2.74. The van der Waals surface area contributed by atoms with Crippen molar-refractivity contribution in [3.8, 4) is 0 Å². The molecule has 2 heterocycles. The first-order valence-electron chi connectivity index (χ1n) is 12.5. The molecule has 0 radical (unpaired) electrons. The molecule has 0 saturated carbocycles. The van der Waals surface area contributed by atoms with Crippen molar-refractivity contribution >= 4 is 11.6 Å². The van der Waals surface area contributed by atoms with Crippen LogP contribution in [0.1, 0.15) is 78.2 Å². The molecule has 4 nitrogen and oxygen atoms in total. The van der Waals surface area contributed by atoms with E-state index in [0.29, 0.717) is 5.56 Å². The zero-order chi connectivity index (χ0) is 26.0. The van der Waals surface area contributed by atoms with Crippen molar-refractivity contribution in [2.24, 2.45) is 16.2 Å². The van der Waals surface area contributed by atoms with Crippen LogP contribution in [0, 0.1) is 16.2 Å². The monoisotopic (exact) mass is 472 g/mol. The van der Waals surface area contributed by atoms with Gasteiger partial charge in [-0.3, -0.25) is 9.69 Å². The number of rotatable bonds is 3. The van der Waals surface area contributed by atoms with E-state index in [1.165, 1.54) is 11.3 Å². The first-order valence-corrected chi connectivity index (χ1v) is 12.5. The summed E-state index contributed by atoms with van der Waals surface area (Å²) in [7, 11) is 1.84. The van der Waals surface area contributed by atoms with Gasteiger partial charge in [-0.05, 0) is 17.5 Å². The van der Waals surface area contributed by atoms with Crippen LogP contribution in [0.2, 0.25) is 0 Å². The molecule has 1 atom stereocenters. The lowest BCUT2D eigenvalue weighted by Gasteiger charge is -2.72. The molecule has 1 unspecified atom stereocenters. The lowest BCUT2D eigenvalue weighted by atomic mass is 9.58. The highest BCUT2D eigenvalue weighted by molar-refractivity contribution is 5.99. The van der Waals surface area contributed by atoms with Crippen molar-refractivity contribution in [3.05, 3.63) is 88.9 Å². The van der Waals surface area contributed by atoms with Gasteiger partial charge in [0.2, 0.25) is 11.6 Å². The maximum atomic E-state index is 13.6. The van der Waals surface area contributed by atoms with Crippen LogP contribution >= 0.6 is 0 Å². The molecule has 0 aliphatic carbocycles.